The number of carbonyl (C=O) groups is 1. The van der Waals surface area contributed by atoms with Crippen LogP contribution in [0.25, 0.3) is 0 Å². The Balaban J connectivity index is 0.00000264. The molecule has 0 bridgehead atoms. The summed E-state index contributed by atoms with van der Waals surface area (Å²) in [6.45, 7) is 3.10. The number of amides is 1. The van der Waals surface area contributed by atoms with Crippen LogP contribution in [0, 0.1) is 6.92 Å². The number of carbonyl (C=O) groups excluding carboxylic acids is 1. The summed E-state index contributed by atoms with van der Waals surface area (Å²) in [7, 11) is 0. The number of hydrogen-bond donors (Lipinski definition) is 2. The molecule has 1 fully saturated rings. The first-order chi connectivity index (χ1) is 10.4. The standard InChI is InChI=1S/C15H20F3N3O.ClH/c1-11-3-2-4-12(9-11)14(22)20-10-13(15(16,17)18)21-7-5-19-6-8-21;/h2-4,9,13,19H,5-8,10H2,1H3,(H,20,22);1H. The van der Waals surface area contributed by atoms with Crippen LogP contribution in [0.15, 0.2) is 24.3 Å². The van der Waals surface area contributed by atoms with Crippen LogP contribution >= 0.6 is 12.4 Å². The number of alkyl halides is 3. The zero-order chi connectivity index (χ0) is 16.2. The van der Waals surface area contributed by atoms with Gasteiger partial charge in [-0.3, -0.25) is 9.69 Å². The van der Waals surface area contributed by atoms with E-state index in [2.05, 4.69) is 10.6 Å². The highest BCUT2D eigenvalue weighted by molar-refractivity contribution is 5.94. The molecule has 1 aliphatic heterocycles. The van der Waals surface area contributed by atoms with E-state index >= 15 is 0 Å². The average Bonchev–Trinajstić information content (AvgIpc) is 2.47. The smallest absolute Gasteiger partial charge is 0.350 e. The normalized spacial score (nSPS) is 17.2. The molecule has 1 heterocycles. The Morgan fingerprint density at radius 2 is 2.00 bits per heavy atom. The van der Waals surface area contributed by atoms with Crippen LogP contribution in [0.1, 0.15) is 15.9 Å². The van der Waals surface area contributed by atoms with Gasteiger partial charge in [0.2, 0.25) is 0 Å². The van der Waals surface area contributed by atoms with E-state index in [0.29, 0.717) is 31.7 Å². The molecule has 23 heavy (non-hydrogen) atoms. The van der Waals surface area contributed by atoms with Crippen molar-refractivity contribution in [1.29, 1.82) is 0 Å². The van der Waals surface area contributed by atoms with Gasteiger partial charge in [0.15, 0.2) is 0 Å². The van der Waals surface area contributed by atoms with Crippen molar-refractivity contribution in [2.75, 3.05) is 32.7 Å². The maximum Gasteiger partial charge on any atom is 0.405 e. The summed E-state index contributed by atoms with van der Waals surface area (Å²) < 4.78 is 39.6. The number of halogens is 4. The maximum absolute atomic E-state index is 13.2. The summed E-state index contributed by atoms with van der Waals surface area (Å²) in [4.78, 5) is 13.4. The number of benzene rings is 1. The second kappa shape index (κ2) is 8.52. The van der Waals surface area contributed by atoms with Crippen LogP contribution in [0.2, 0.25) is 0 Å². The van der Waals surface area contributed by atoms with Crippen molar-refractivity contribution in [3.05, 3.63) is 35.4 Å². The van der Waals surface area contributed by atoms with Crippen LogP contribution in [-0.4, -0.2) is 55.7 Å². The van der Waals surface area contributed by atoms with Crippen molar-refractivity contribution in [2.45, 2.75) is 19.1 Å². The minimum absolute atomic E-state index is 0. The second-order valence-corrected chi connectivity index (χ2v) is 5.42. The lowest BCUT2D eigenvalue weighted by Gasteiger charge is -2.35. The topological polar surface area (TPSA) is 44.4 Å². The van der Waals surface area contributed by atoms with Gasteiger partial charge in [-0.25, -0.2) is 0 Å². The molecule has 1 aromatic rings. The Morgan fingerprint density at radius 1 is 1.35 bits per heavy atom. The van der Waals surface area contributed by atoms with E-state index in [1.807, 2.05) is 13.0 Å². The molecule has 1 saturated heterocycles. The molecule has 1 aliphatic rings. The predicted octanol–water partition coefficient (Wildman–Crippen LogP) is 1.98. The van der Waals surface area contributed by atoms with Gasteiger partial charge in [0, 0.05) is 38.3 Å². The van der Waals surface area contributed by atoms with Crippen molar-refractivity contribution < 1.29 is 18.0 Å². The summed E-state index contributed by atoms with van der Waals surface area (Å²) >= 11 is 0. The number of nitrogens with zero attached hydrogens (tertiary/aromatic N) is 1. The number of nitrogens with one attached hydrogen (secondary N) is 2. The largest absolute Gasteiger partial charge is 0.405 e. The van der Waals surface area contributed by atoms with Crippen molar-refractivity contribution >= 4 is 18.3 Å². The monoisotopic (exact) mass is 351 g/mol. The zero-order valence-electron chi connectivity index (χ0n) is 12.8. The van der Waals surface area contributed by atoms with E-state index in [9.17, 15) is 18.0 Å². The van der Waals surface area contributed by atoms with Gasteiger partial charge in [0.05, 0.1) is 0 Å². The second-order valence-electron chi connectivity index (χ2n) is 5.42. The molecule has 0 saturated carbocycles. The first-order valence-corrected chi connectivity index (χ1v) is 7.24. The molecule has 2 N–H and O–H groups in total. The lowest BCUT2D eigenvalue weighted by molar-refractivity contribution is -0.183. The summed E-state index contributed by atoms with van der Waals surface area (Å²) in [6, 6.07) is 5.14. The Kier molecular flexibility index (Phi) is 7.31. The van der Waals surface area contributed by atoms with Gasteiger partial charge in [0.1, 0.15) is 6.04 Å². The highest BCUT2D eigenvalue weighted by atomic mass is 35.5. The van der Waals surface area contributed by atoms with Crippen LogP contribution in [0.3, 0.4) is 0 Å². The van der Waals surface area contributed by atoms with Gasteiger partial charge in [0.25, 0.3) is 5.91 Å². The van der Waals surface area contributed by atoms with Gasteiger partial charge in [-0.05, 0) is 19.1 Å². The summed E-state index contributed by atoms with van der Waals surface area (Å²) in [5.74, 6) is -0.479. The molecule has 1 unspecified atom stereocenters. The first-order valence-electron chi connectivity index (χ1n) is 7.24. The van der Waals surface area contributed by atoms with Crippen molar-refractivity contribution in [3.63, 3.8) is 0 Å². The van der Waals surface area contributed by atoms with E-state index < -0.39 is 24.7 Å². The van der Waals surface area contributed by atoms with Gasteiger partial charge in [-0.15, -0.1) is 12.4 Å². The number of piperazine rings is 1. The van der Waals surface area contributed by atoms with Crippen molar-refractivity contribution in [2.24, 2.45) is 0 Å². The molecule has 0 aromatic heterocycles. The molecule has 0 aliphatic carbocycles. The van der Waals surface area contributed by atoms with E-state index in [4.69, 9.17) is 0 Å². The highest BCUT2D eigenvalue weighted by Gasteiger charge is 2.43. The van der Waals surface area contributed by atoms with E-state index in [1.54, 1.807) is 18.2 Å². The molecule has 0 radical (unpaired) electrons. The fourth-order valence-corrected chi connectivity index (χ4v) is 2.52. The molecular weight excluding hydrogens is 331 g/mol. The Hall–Kier alpha value is -1.31. The van der Waals surface area contributed by atoms with E-state index in [1.165, 1.54) is 4.90 Å². The molecular formula is C15H21ClF3N3O. The van der Waals surface area contributed by atoms with E-state index in [-0.39, 0.29) is 12.4 Å². The highest BCUT2D eigenvalue weighted by Crippen LogP contribution is 2.24. The lowest BCUT2D eigenvalue weighted by atomic mass is 10.1. The van der Waals surface area contributed by atoms with Crippen LogP contribution < -0.4 is 10.6 Å². The fourth-order valence-electron chi connectivity index (χ4n) is 2.52. The van der Waals surface area contributed by atoms with Gasteiger partial charge < -0.3 is 10.6 Å². The quantitative estimate of drug-likeness (QED) is 0.872. The molecule has 4 nitrogen and oxygen atoms in total. The van der Waals surface area contributed by atoms with Crippen LogP contribution in [0.5, 0.6) is 0 Å². The third-order valence-electron chi connectivity index (χ3n) is 3.71. The summed E-state index contributed by atoms with van der Waals surface area (Å²) in [6.07, 6.45) is -4.36. The number of rotatable bonds is 4. The molecule has 8 heteroatoms. The molecule has 1 aromatic carbocycles. The Labute approximate surface area is 139 Å². The third-order valence-corrected chi connectivity index (χ3v) is 3.71. The molecule has 1 atom stereocenters. The van der Waals surface area contributed by atoms with Crippen LogP contribution in [0.4, 0.5) is 13.2 Å². The third kappa shape index (κ3) is 5.67. The number of hydrogen-bond acceptors (Lipinski definition) is 3. The maximum atomic E-state index is 13.2. The van der Waals surface area contributed by atoms with Gasteiger partial charge in [-0.2, -0.15) is 13.2 Å². The molecule has 130 valence electrons. The minimum atomic E-state index is -4.36. The number of aryl methyl sites for hydroxylation is 1. The molecule has 1 amide bonds. The van der Waals surface area contributed by atoms with Gasteiger partial charge >= 0.3 is 6.18 Å². The SMILES string of the molecule is Cc1cccc(C(=O)NCC(N2CCNCC2)C(F)(F)F)c1.Cl. The minimum Gasteiger partial charge on any atom is -0.350 e. The fraction of sp³-hybridized carbons (Fsp3) is 0.533. The Bertz CT molecular complexity index is 519. The van der Waals surface area contributed by atoms with Crippen molar-refractivity contribution in [3.8, 4) is 0 Å². The predicted molar refractivity (Wildman–Crippen MR) is 85.0 cm³/mol. The lowest BCUT2D eigenvalue weighted by Crippen LogP contribution is -2.57. The average molecular weight is 352 g/mol. The summed E-state index contributed by atoms with van der Waals surface area (Å²) in [5.41, 5.74) is 1.27. The van der Waals surface area contributed by atoms with Gasteiger partial charge in [-0.1, -0.05) is 17.7 Å². The van der Waals surface area contributed by atoms with Crippen molar-refractivity contribution in [1.82, 2.24) is 15.5 Å². The molecule has 0 spiro atoms. The molecule has 2 rings (SSSR count). The summed E-state index contributed by atoms with van der Waals surface area (Å²) in [5, 5.41) is 5.43. The first kappa shape index (κ1) is 19.7. The van der Waals surface area contributed by atoms with Crippen LogP contribution in [-0.2, 0) is 0 Å². The van der Waals surface area contributed by atoms with E-state index in [0.717, 1.165) is 5.56 Å². The Morgan fingerprint density at radius 3 is 2.57 bits per heavy atom. The zero-order valence-corrected chi connectivity index (χ0v) is 13.6.